The number of nitrogens with zero attached hydrogens (tertiary/aromatic N) is 1. The standard InChI is InChI=1S/C25H29N3O3/c1-28(2)23(19-11-13-21(31-3)14-12-19)16-26-25(30)17-27-24(29)15-20-9-6-8-18-7-4-5-10-22(18)20/h4-14,23H,15-17H2,1-3H3,(H,26,30)(H,27,29)/t23-/m1/s1. The molecule has 6 nitrogen and oxygen atoms in total. The van der Waals surface area contributed by atoms with Gasteiger partial charge in [0, 0.05) is 6.54 Å². The summed E-state index contributed by atoms with van der Waals surface area (Å²) < 4.78 is 5.20. The molecule has 162 valence electrons. The highest BCUT2D eigenvalue weighted by Crippen LogP contribution is 2.21. The van der Waals surface area contributed by atoms with Crippen molar-refractivity contribution in [1.29, 1.82) is 0 Å². The highest BCUT2D eigenvalue weighted by molar-refractivity contribution is 5.91. The first kappa shape index (κ1) is 22.3. The smallest absolute Gasteiger partial charge is 0.239 e. The van der Waals surface area contributed by atoms with Gasteiger partial charge >= 0.3 is 0 Å². The number of ether oxygens (including phenoxy) is 1. The van der Waals surface area contributed by atoms with Gasteiger partial charge < -0.3 is 20.3 Å². The number of benzene rings is 3. The Morgan fingerprint density at radius 2 is 1.61 bits per heavy atom. The third-order valence-electron chi connectivity index (χ3n) is 5.29. The van der Waals surface area contributed by atoms with E-state index >= 15 is 0 Å². The van der Waals surface area contributed by atoms with Crippen LogP contribution in [-0.2, 0) is 16.0 Å². The maximum atomic E-state index is 12.4. The molecule has 0 spiro atoms. The Hall–Kier alpha value is -3.38. The second-order valence-electron chi connectivity index (χ2n) is 7.65. The summed E-state index contributed by atoms with van der Waals surface area (Å²) in [4.78, 5) is 26.7. The molecule has 0 radical (unpaired) electrons. The number of likely N-dealkylation sites (N-methyl/N-ethyl adjacent to an activating group) is 1. The molecule has 1 atom stereocenters. The minimum Gasteiger partial charge on any atom is -0.497 e. The summed E-state index contributed by atoms with van der Waals surface area (Å²) in [6.45, 7) is 0.393. The number of nitrogens with one attached hydrogen (secondary N) is 2. The lowest BCUT2D eigenvalue weighted by molar-refractivity contribution is -0.125. The van der Waals surface area contributed by atoms with Crippen LogP contribution in [0.1, 0.15) is 17.2 Å². The lowest BCUT2D eigenvalue weighted by atomic mass is 10.0. The lowest BCUT2D eigenvalue weighted by Gasteiger charge is -2.25. The van der Waals surface area contributed by atoms with Crippen molar-refractivity contribution in [2.24, 2.45) is 0 Å². The highest BCUT2D eigenvalue weighted by Gasteiger charge is 2.16. The van der Waals surface area contributed by atoms with E-state index in [9.17, 15) is 9.59 Å². The van der Waals surface area contributed by atoms with E-state index in [1.54, 1.807) is 7.11 Å². The molecule has 0 fully saturated rings. The first-order valence-electron chi connectivity index (χ1n) is 10.3. The van der Waals surface area contributed by atoms with Crippen LogP contribution in [0.25, 0.3) is 10.8 Å². The zero-order valence-electron chi connectivity index (χ0n) is 18.2. The van der Waals surface area contributed by atoms with Crippen molar-refractivity contribution in [2.45, 2.75) is 12.5 Å². The van der Waals surface area contributed by atoms with Gasteiger partial charge in [0.25, 0.3) is 0 Å². The molecule has 31 heavy (non-hydrogen) atoms. The Kier molecular flexibility index (Phi) is 7.62. The fourth-order valence-corrected chi connectivity index (χ4v) is 3.56. The number of hydrogen-bond donors (Lipinski definition) is 2. The molecule has 2 amide bonds. The van der Waals surface area contributed by atoms with Crippen LogP contribution in [0.15, 0.2) is 66.7 Å². The minimum absolute atomic E-state index is 0.0150. The lowest BCUT2D eigenvalue weighted by Crippen LogP contribution is -2.41. The van der Waals surface area contributed by atoms with Gasteiger partial charge in [-0.1, -0.05) is 54.6 Å². The molecule has 0 aliphatic heterocycles. The topological polar surface area (TPSA) is 70.7 Å². The van der Waals surface area contributed by atoms with Crippen LogP contribution >= 0.6 is 0 Å². The number of amides is 2. The van der Waals surface area contributed by atoms with Crippen molar-refractivity contribution < 1.29 is 14.3 Å². The van der Waals surface area contributed by atoms with Crippen molar-refractivity contribution in [3.8, 4) is 5.75 Å². The Bertz CT molecular complexity index is 1030. The predicted molar refractivity (Wildman–Crippen MR) is 123 cm³/mol. The van der Waals surface area contributed by atoms with E-state index < -0.39 is 0 Å². The van der Waals surface area contributed by atoms with Crippen LogP contribution in [-0.4, -0.2) is 51.0 Å². The molecule has 3 rings (SSSR count). The first-order valence-corrected chi connectivity index (χ1v) is 10.3. The second kappa shape index (κ2) is 10.6. The van der Waals surface area contributed by atoms with Crippen LogP contribution in [0, 0.1) is 0 Å². The summed E-state index contributed by atoms with van der Waals surface area (Å²) in [6.07, 6.45) is 0.237. The number of rotatable bonds is 9. The largest absolute Gasteiger partial charge is 0.497 e. The summed E-state index contributed by atoms with van der Waals surface area (Å²) in [5.74, 6) is 0.400. The molecule has 3 aromatic carbocycles. The van der Waals surface area contributed by atoms with Gasteiger partial charge in [-0.2, -0.15) is 0 Å². The number of carbonyl (C=O) groups excluding carboxylic acids is 2. The molecule has 0 saturated heterocycles. The molecular formula is C25H29N3O3. The van der Waals surface area contributed by atoms with E-state index in [4.69, 9.17) is 4.74 Å². The predicted octanol–water partition coefficient (Wildman–Crippen LogP) is 2.93. The summed E-state index contributed by atoms with van der Waals surface area (Å²) >= 11 is 0. The van der Waals surface area contributed by atoms with Gasteiger partial charge in [0.05, 0.1) is 26.1 Å². The summed E-state index contributed by atoms with van der Waals surface area (Å²) in [5.41, 5.74) is 2.02. The molecule has 0 bridgehead atoms. The molecule has 2 N–H and O–H groups in total. The molecular weight excluding hydrogens is 390 g/mol. The van der Waals surface area contributed by atoms with Crippen LogP contribution < -0.4 is 15.4 Å². The molecule has 0 aromatic heterocycles. The van der Waals surface area contributed by atoms with Gasteiger partial charge in [-0.3, -0.25) is 9.59 Å². The normalized spacial score (nSPS) is 11.9. The monoisotopic (exact) mass is 419 g/mol. The molecule has 0 aliphatic carbocycles. The van der Waals surface area contributed by atoms with E-state index in [0.717, 1.165) is 27.6 Å². The second-order valence-corrected chi connectivity index (χ2v) is 7.65. The van der Waals surface area contributed by atoms with Gasteiger partial charge in [-0.15, -0.1) is 0 Å². The fourth-order valence-electron chi connectivity index (χ4n) is 3.56. The van der Waals surface area contributed by atoms with Gasteiger partial charge in [0.15, 0.2) is 0 Å². The molecule has 0 heterocycles. The van der Waals surface area contributed by atoms with E-state index in [-0.39, 0.29) is 30.8 Å². The summed E-state index contributed by atoms with van der Waals surface area (Å²) in [6, 6.07) is 21.7. The maximum absolute atomic E-state index is 12.4. The van der Waals surface area contributed by atoms with E-state index in [2.05, 4.69) is 10.6 Å². The number of carbonyl (C=O) groups is 2. The van der Waals surface area contributed by atoms with Gasteiger partial charge in [0.2, 0.25) is 11.8 Å². The summed E-state index contributed by atoms with van der Waals surface area (Å²) in [5, 5.41) is 7.79. The molecule has 0 aliphatic rings. The Morgan fingerprint density at radius 3 is 2.32 bits per heavy atom. The van der Waals surface area contributed by atoms with E-state index in [1.165, 1.54) is 0 Å². The minimum atomic E-state index is -0.216. The van der Waals surface area contributed by atoms with Crippen LogP contribution in [0.4, 0.5) is 0 Å². The van der Waals surface area contributed by atoms with E-state index in [1.807, 2.05) is 85.7 Å². The van der Waals surface area contributed by atoms with Gasteiger partial charge in [-0.05, 0) is 48.1 Å². The van der Waals surface area contributed by atoms with Gasteiger partial charge in [0.1, 0.15) is 5.75 Å². The quantitative estimate of drug-likeness (QED) is 0.560. The third kappa shape index (κ3) is 6.06. The molecule has 6 heteroatoms. The zero-order chi connectivity index (χ0) is 22.2. The van der Waals surface area contributed by atoms with E-state index in [0.29, 0.717) is 6.54 Å². The van der Waals surface area contributed by atoms with Crippen molar-refractivity contribution in [2.75, 3.05) is 34.3 Å². The summed E-state index contributed by atoms with van der Waals surface area (Å²) in [7, 11) is 5.56. The van der Waals surface area contributed by atoms with Gasteiger partial charge in [-0.25, -0.2) is 0 Å². The third-order valence-corrected chi connectivity index (χ3v) is 5.29. The van der Waals surface area contributed by atoms with Crippen molar-refractivity contribution in [1.82, 2.24) is 15.5 Å². The fraction of sp³-hybridized carbons (Fsp3) is 0.280. The number of hydrogen-bond acceptors (Lipinski definition) is 4. The maximum Gasteiger partial charge on any atom is 0.239 e. The van der Waals surface area contributed by atoms with Crippen LogP contribution in [0.2, 0.25) is 0 Å². The van der Waals surface area contributed by atoms with Crippen LogP contribution in [0.3, 0.4) is 0 Å². The Labute approximate surface area is 183 Å². The highest BCUT2D eigenvalue weighted by atomic mass is 16.5. The number of methoxy groups -OCH3 is 1. The van der Waals surface area contributed by atoms with Crippen molar-refractivity contribution >= 4 is 22.6 Å². The average Bonchev–Trinajstić information content (AvgIpc) is 2.78. The van der Waals surface area contributed by atoms with Crippen molar-refractivity contribution in [3.63, 3.8) is 0 Å². The average molecular weight is 420 g/mol. The van der Waals surface area contributed by atoms with Crippen LogP contribution in [0.5, 0.6) is 5.75 Å². The molecule has 3 aromatic rings. The zero-order valence-corrected chi connectivity index (χ0v) is 18.2. The van der Waals surface area contributed by atoms with Crippen molar-refractivity contribution in [3.05, 3.63) is 77.9 Å². The number of fused-ring (bicyclic) bond motifs is 1. The SMILES string of the molecule is COc1ccc([C@@H](CNC(=O)CNC(=O)Cc2cccc3ccccc23)N(C)C)cc1. The Balaban J connectivity index is 1.51. The Morgan fingerprint density at radius 1 is 0.903 bits per heavy atom. The first-order chi connectivity index (χ1) is 15.0. The molecule has 0 unspecified atom stereocenters. The molecule has 0 saturated carbocycles.